The Kier molecular flexibility index (Phi) is 5.64. The number of aromatic hydroxyl groups is 1. The summed E-state index contributed by atoms with van der Waals surface area (Å²) in [7, 11) is 1.64. The lowest BCUT2D eigenvalue weighted by atomic mass is 9.99. The molecule has 0 saturated heterocycles. The summed E-state index contributed by atoms with van der Waals surface area (Å²) >= 11 is 0. The fraction of sp³-hybridized carbons (Fsp3) is 0.238. The summed E-state index contributed by atoms with van der Waals surface area (Å²) in [4.78, 5) is 0. The summed E-state index contributed by atoms with van der Waals surface area (Å²) in [6.07, 6.45) is 3.62. The topological polar surface area (TPSA) is 29.5 Å². The van der Waals surface area contributed by atoms with Gasteiger partial charge in [0.1, 0.15) is 11.5 Å². The molecule has 0 heterocycles. The molecule has 2 rings (SSSR count). The highest BCUT2D eigenvalue weighted by molar-refractivity contribution is 5.81. The summed E-state index contributed by atoms with van der Waals surface area (Å²) in [6, 6.07) is 14.0. The molecule has 2 heteroatoms. The third-order valence-corrected chi connectivity index (χ3v) is 3.84. The van der Waals surface area contributed by atoms with Crippen LogP contribution in [0.1, 0.15) is 37.0 Å². The highest BCUT2D eigenvalue weighted by Gasteiger charge is 2.11. The molecule has 0 spiro atoms. The smallest absolute Gasteiger partial charge is 0.126 e. The van der Waals surface area contributed by atoms with Crippen molar-refractivity contribution in [2.75, 3.05) is 7.11 Å². The van der Waals surface area contributed by atoms with Gasteiger partial charge in [-0.2, -0.15) is 0 Å². The van der Waals surface area contributed by atoms with Crippen molar-refractivity contribution in [1.29, 1.82) is 0 Å². The molecule has 0 bridgehead atoms. The number of phenols is 1. The molecule has 1 N–H and O–H groups in total. The van der Waals surface area contributed by atoms with E-state index in [9.17, 15) is 5.11 Å². The van der Waals surface area contributed by atoms with Gasteiger partial charge in [-0.3, -0.25) is 0 Å². The van der Waals surface area contributed by atoms with Crippen molar-refractivity contribution >= 4 is 11.6 Å². The van der Waals surface area contributed by atoms with Gasteiger partial charge >= 0.3 is 0 Å². The molecule has 0 aromatic heterocycles. The second kappa shape index (κ2) is 7.68. The summed E-state index contributed by atoms with van der Waals surface area (Å²) < 4.78 is 5.47. The van der Waals surface area contributed by atoms with Gasteiger partial charge in [0.25, 0.3) is 0 Å². The van der Waals surface area contributed by atoms with Crippen LogP contribution in [0, 0.1) is 0 Å². The van der Waals surface area contributed by atoms with E-state index in [0.717, 1.165) is 46.4 Å². The van der Waals surface area contributed by atoms with Gasteiger partial charge in [0.05, 0.1) is 7.11 Å². The zero-order chi connectivity index (χ0) is 16.8. The van der Waals surface area contributed by atoms with Gasteiger partial charge in [0.15, 0.2) is 0 Å². The largest absolute Gasteiger partial charge is 0.508 e. The average Bonchev–Trinajstić information content (AvgIpc) is 2.54. The number of ether oxygens (including phenoxy) is 1. The maximum Gasteiger partial charge on any atom is 0.126 e. The molecule has 0 fully saturated rings. The van der Waals surface area contributed by atoms with E-state index in [4.69, 9.17) is 4.74 Å². The minimum atomic E-state index is 0.276. The van der Waals surface area contributed by atoms with Gasteiger partial charge in [-0.05, 0) is 55.5 Å². The highest BCUT2D eigenvalue weighted by atomic mass is 16.5. The zero-order valence-electron chi connectivity index (χ0n) is 14.1. The van der Waals surface area contributed by atoms with Crippen LogP contribution in [-0.2, 0) is 6.42 Å². The van der Waals surface area contributed by atoms with Crippen molar-refractivity contribution < 1.29 is 9.84 Å². The van der Waals surface area contributed by atoms with Crippen molar-refractivity contribution in [2.45, 2.75) is 26.7 Å². The quantitative estimate of drug-likeness (QED) is 0.566. The predicted octanol–water partition coefficient (Wildman–Crippen LogP) is 5.47. The summed E-state index contributed by atoms with van der Waals surface area (Å²) in [5.74, 6) is 0.996. The lowest BCUT2D eigenvalue weighted by Crippen LogP contribution is -1.95. The summed E-state index contributed by atoms with van der Waals surface area (Å²) in [6.45, 7) is 7.97. The molecule has 120 valence electrons. The standard InChI is InChI=1S/C21H24O2/c1-15(2)10-11-19-20(22)13-17(14-21(19)23-4)12-16(3)18-8-6-5-7-9-18/h5-9,12-14,22H,1,10-11H2,2-4H3/b16-12+. The van der Waals surface area contributed by atoms with E-state index in [2.05, 4.69) is 31.7 Å². The molecule has 2 aromatic carbocycles. The zero-order valence-corrected chi connectivity index (χ0v) is 14.1. The molecule has 0 unspecified atom stereocenters. The number of rotatable bonds is 6. The Bertz CT molecular complexity index is 712. The first-order valence-corrected chi connectivity index (χ1v) is 7.79. The molecule has 0 radical (unpaired) electrons. The summed E-state index contributed by atoms with van der Waals surface area (Å²) in [5.41, 5.74) is 5.17. The third-order valence-electron chi connectivity index (χ3n) is 3.84. The molecule has 2 nitrogen and oxygen atoms in total. The Labute approximate surface area is 138 Å². The molecular weight excluding hydrogens is 284 g/mol. The number of benzene rings is 2. The van der Waals surface area contributed by atoms with Gasteiger partial charge in [0.2, 0.25) is 0 Å². The van der Waals surface area contributed by atoms with Crippen LogP contribution in [-0.4, -0.2) is 12.2 Å². The Morgan fingerprint density at radius 1 is 1.17 bits per heavy atom. The van der Waals surface area contributed by atoms with E-state index in [1.807, 2.05) is 31.2 Å². The average molecular weight is 308 g/mol. The van der Waals surface area contributed by atoms with Gasteiger partial charge in [-0.1, -0.05) is 42.0 Å². The molecule has 0 saturated carbocycles. The first-order chi connectivity index (χ1) is 11.0. The Morgan fingerprint density at radius 3 is 2.48 bits per heavy atom. The lowest BCUT2D eigenvalue weighted by Gasteiger charge is -2.12. The van der Waals surface area contributed by atoms with Gasteiger partial charge < -0.3 is 9.84 Å². The normalized spacial score (nSPS) is 11.3. The second-order valence-electron chi connectivity index (χ2n) is 5.87. The Hall–Kier alpha value is -2.48. The molecule has 0 aliphatic carbocycles. The summed E-state index contributed by atoms with van der Waals surface area (Å²) in [5, 5.41) is 10.4. The lowest BCUT2D eigenvalue weighted by molar-refractivity contribution is 0.399. The van der Waals surface area contributed by atoms with E-state index in [1.165, 1.54) is 0 Å². The van der Waals surface area contributed by atoms with Crippen molar-refractivity contribution in [3.8, 4) is 11.5 Å². The molecular formula is C21H24O2. The van der Waals surface area contributed by atoms with Crippen LogP contribution in [0.25, 0.3) is 11.6 Å². The minimum Gasteiger partial charge on any atom is -0.508 e. The van der Waals surface area contributed by atoms with Gasteiger partial charge in [-0.15, -0.1) is 6.58 Å². The maximum absolute atomic E-state index is 10.4. The second-order valence-corrected chi connectivity index (χ2v) is 5.87. The molecule has 0 aliphatic heterocycles. The number of hydrogen-bond donors (Lipinski definition) is 1. The van der Waals surface area contributed by atoms with Crippen LogP contribution in [0.2, 0.25) is 0 Å². The predicted molar refractivity (Wildman–Crippen MR) is 97.8 cm³/mol. The fourth-order valence-corrected chi connectivity index (χ4v) is 2.54. The monoisotopic (exact) mass is 308 g/mol. The van der Waals surface area contributed by atoms with Crippen LogP contribution in [0.4, 0.5) is 0 Å². The molecule has 0 atom stereocenters. The van der Waals surface area contributed by atoms with Crippen LogP contribution >= 0.6 is 0 Å². The number of hydrogen-bond acceptors (Lipinski definition) is 2. The fourth-order valence-electron chi connectivity index (χ4n) is 2.54. The van der Waals surface area contributed by atoms with E-state index < -0.39 is 0 Å². The number of methoxy groups -OCH3 is 1. The van der Waals surface area contributed by atoms with E-state index in [-0.39, 0.29) is 5.75 Å². The van der Waals surface area contributed by atoms with Crippen molar-refractivity contribution in [3.05, 3.63) is 71.3 Å². The van der Waals surface area contributed by atoms with Crippen molar-refractivity contribution in [2.24, 2.45) is 0 Å². The van der Waals surface area contributed by atoms with Crippen LogP contribution in [0.5, 0.6) is 11.5 Å². The maximum atomic E-state index is 10.4. The SMILES string of the molecule is C=C(C)CCc1c(O)cc(/C=C(\C)c2ccccc2)cc1OC. The number of allylic oxidation sites excluding steroid dienone is 2. The molecule has 2 aromatic rings. The minimum absolute atomic E-state index is 0.276. The van der Waals surface area contributed by atoms with Crippen LogP contribution < -0.4 is 4.74 Å². The van der Waals surface area contributed by atoms with Gasteiger partial charge in [-0.25, -0.2) is 0 Å². The molecule has 23 heavy (non-hydrogen) atoms. The number of phenolic OH excluding ortho intramolecular Hbond substituents is 1. The van der Waals surface area contributed by atoms with Gasteiger partial charge in [0, 0.05) is 5.56 Å². The first kappa shape index (κ1) is 16.9. The van der Waals surface area contributed by atoms with Crippen molar-refractivity contribution in [3.63, 3.8) is 0 Å². The Balaban J connectivity index is 2.34. The Morgan fingerprint density at radius 2 is 1.87 bits per heavy atom. The van der Waals surface area contributed by atoms with Crippen LogP contribution in [0.15, 0.2) is 54.6 Å². The molecule has 0 amide bonds. The molecule has 0 aliphatic rings. The highest BCUT2D eigenvalue weighted by Crippen LogP contribution is 2.33. The van der Waals surface area contributed by atoms with Crippen LogP contribution in [0.3, 0.4) is 0 Å². The van der Waals surface area contributed by atoms with E-state index >= 15 is 0 Å². The van der Waals surface area contributed by atoms with E-state index in [0.29, 0.717) is 0 Å². The van der Waals surface area contributed by atoms with E-state index in [1.54, 1.807) is 13.2 Å². The third kappa shape index (κ3) is 4.49. The van der Waals surface area contributed by atoms with Crippen molar-refractivity contribution in [1.82, 2.24) is 0 Å². The first-order valence-electron chi connectivity index (χ1n) is 7.79.